The minimum Gasteiger partial charge on any atom is -0.495 e. The first kappa shape index (κ1) is 21.9. The molecule has 10 heteroatoms. The van der Waals surface area contributed by atoms with Gasteiger partial charge in [0.05, 0.1) is 19.3 Å². The van der Waals surface area contributed by atoms with Crippen LogP contribution in [0, 0.1) is 0 Å². The summed E-state index contributed by atoms with van der Waals surface area (Å²) in [6, 6.07) is 3.88. The predicted octanol–water partition coefficient (Wildman–Crippen LogP) is 0.253. The fourth-order valence-electron chi connectivity index (χ4n) is 1.90. The van der Waals surface area contributed by atoms with Gasteiger partial charge in [-0.15, -0.1) is 0 Å². The van der Waals surface area contributed by atoms with E-state index in [0.29, 0.717) is 6.61 Å². The Morgan fingerprint density at radius 1 is 1.23 bits per heavy atom. The lowest BCUT2D eigenvalue weighted by Gasteiger charge is -2.16. The quantitative estimate of drug-likeness (QED) is 0.477. The third-order valence-corrected chi connectivity index (χ3v) is 5.25. The molecule has 0 saturated carbocycles. The Kier molecular flexibility index (Phi) is 8.00. The number of benzene rings is 1. The molecule has 0 heterocycles. The fourth-order valence-corrected chi connectivity index (χ4v) is 2.98. The maximum atomic E-state index is 12.4. The van der Waals surface area contributed by atoms with Crippen molar-refractivity contribution in [2.24, 2.45) is 0 Å². The van der Waals surface area contributed by atoms with Crippen molar-refractivity contribution in [1.29, 1.82) is 0 Å². The van der Waals surface area contributed by atoms with Crippen molar-refractivity contribution in [1.82, 2.24) is 9.62 Å². The van der Waals surface area contributed by atoms with E-state index >= 15 is 0 Å². The van der Waals surface area contributed by atoms with E-state index in [2.05, 4.69) is 5.32 Å². The van der Waals surface area contributed by atoms with Crippen LogP contribution < -0.4 is 10.1 Å². The number of hydrogen-bond acceptors (Lipinski definition) is 7. The molecule has 1 aromatic rings. The lowest BCUT2D eigenvalue weighted by atomic mass is 10.2. The zero-order valence-corrected chi connectivity index (χ0v) is 16.3. The highest BCUT2D eigenvalue weighted by Gasteiger charge is 2.25. The van der Waals surface area contributed by atoms with Gasteiger partial charge in [0.1, 0.15) is 10.6 Å². The molecule has 1 N–H and O–H groups in total. The van der Waals surface area contributed by atoms with Crippen LogP contribution in [0.4, 0.5) is 0 Å². The molecule has 1 aromatic carbocycles. The molecule has 0 aromatic heterocycles. The molecule has 0 aliphatic rings. The number of methoxy groups -OCH3 is 2. The fraction of sp³-hybridized carbons (Fsp3) is 0.500. The first-order chi connectivity index (χ1) is 12.1. The molecule has 0 aliphatic carbocycles. The number of carbonyl (C=O) groups is 2. The Balaban J connectivity index is 2.99. The van der Waals surface area contributed by atoms with E-state index in [9.17, 15) is 18.0 Å². The van der Waals surface area contributed by atoms with Crippen molar-refractivity contribution in [2.45, 2.75) is 17.9 Å². The standard InChI is InChI=1S/C16H24N2O7S/c1-11(15(19)17-8-9-23-4)25-16(20)12-6-7-13(24-5)14(10-12)26(21,22)18(2)3/h6-7,10-11H,8-9H2,1-5H3,(H,17,19)/t11-/m0/s1. The number of nitrogens with zero attached hydrogens (tertiary/aromatic N) is 1. The normalized spacial score (nSPS) is 12.5. The van der Waals surface area contributed by atoms with E-state index in [-0.39, 0.29) is 22.8 Å². The Hall–Kier alpha value is -2.17. The molecule has 1 amide bonds. The van der Waals surface area contributed by atoms with Crippen LogP contribution in [0.2, 0.25) is 0 Å². The van der Waals surface area contributed by atoms with Gasteiger partial charge in [0, 0.05) is 27.7 Å². The van der Waals surface area contributed by atoms with E-state index in [1.54, 1.807) is 0 Å². The van der Waals surface area contributed by atoms with Crippen LogP contribution in [0.15, 0.2) is 23.1 Å². The van der Waals surface area contributed by atoms with Crippen LogP contribution in [0.3, 0.4) is 0 Å². The van der Waals surface area contributed by atoms with E-state index in [1.807, 2.05) is 0 Å². The van der Waals surface area contributed by atoms with Crippen molar-refractivity contribution >= 4 is 21.9 Å². The molecule has 0 spiro atoms. The molecular formula is C16H24N2O7S. The molecule has 146 valence electrons. The number of nitrogens with one attached hydrogen (secondary N) is 1. The second-order valence-electron chi connectivity index (χ2n) is 5.48. The van der Waals surface area contributed by atoms with Gasteiger partial charge in [-0.2, -0.15) is 0 Å². The lowest BCUT2D eigenvalue weighted by Crippen LogP contribution is -2.37. The van der Waals surface area contributed by atoms with E-state index < -0.39 is 28.0 Å². The van der Waals surface area contributed by atoms with Gasteiger partial charge >= 0.3 is 5.97 Å². The van der Waals surface area contributed by atoms with E-state index in [4.69, 9.17) is 14.2 Å². The summed E-state index contributed by atoms with van der Waals surface area (Å²) < 4.78 is 40.7. The summed E-state index contributed by atoms with van der Waals surface area (Å²) in [7, 11) is 1.73. The molecule has 0 bridgehead atoms. The van der Waals surface area contributed by atoms with Gasteiger partial charge in [0.25, 0.3) is 5.91 Å². The molecular weight excluding hydrogens is 364 g/mol. The molecule has 1 atom stereocenters. The highest BCUT2D eigenvalue weighted by atomic mass is 32.2. The predicted molar refractivity (Wildman–Crippen MR) is 93.6 cm³/mol. The van der Waals surface area contributed by atoms with Crippen LogP contribution in [0.5, 0.6) is 5.75 Å². The van der Waals surface area contributed by atoms with Crippen molar-refractivity contribution in [3.63, 3.8) is 0 Å². The molecule has 9 nitrogen and oxygen atoms in total. The Morgan fingerprint density at radius 3 is 2.42 bits per heavy atom. The van der Waals surface area contributed by atoms with Gasteiger partial charge in [0.15, 0.2) is 6.10 Å². The average molecular weight is 388 g/mol. The van der Waals surface area contributed by atoms with Crippen molar-refractivity contribution < 1.29 is 32.2 Å². The maximum absolute atomic E-state index is 12.4. The van der Waals surface area contributed by atoms with E-state index in [1.165, 1.54) is 47.4 Å². The topological polar surface area (TPSA) is 111 Å². The van der Waals surface area contributed by atoms with Crippen LogP contribution in [-0.4, -0.2) is 72.2 Å². The first-order valence-corrected chi connectivity index (χ1v) is 9.17. The maximum Gasteiger partial charge on any atom is 0.338 e. The minimum atomic E-state index is -3.83. The third-order valence-electron chi connectivity index (χ3n) is 3.42. The van der Waals surface area contributed by atoms with Gasteiger partial charge in [0.2, 0.25) is 10.0 Å². The summed E-state index contributed by atoms with van der Waals surface area (Å²) in [6.45, 7) is 2.03. The monoisotopic (exact) mass is 388 g/mol. The highest BCUT2D eigenvalue weighted by Crippen LogP contribution is 2.27. The summed E-state index contributed by atoms with van der Waals surface area (Å²) in [6.07, 6.45) is -1.05. The van der Waals surface area contributed by atoms with Crippen molar-refractivity contribution in [2.75, 3.05) is 41.5 Å². The lowest BCUT2D eigenvalue weighted by molar-refractivity contribution is -0.129. The highest BCUT2D eigenvalue weighted by molar-refractivity contribution is 7.89. The Bertz CT molecular complexity index is 747. The number of ether oxygens (including phenoxy) is 3. The molecule has 1 rings (SSSR count). The van der Waals surface area contributed by atoms with Crippen molar-refractivity contribution in [3.05, 3.63) is 23.8 Å². The zero-order valence-electron chi connectivity index (χ0n) is 15.4. The summed E-state index contributed by atoms with van der Waals surface area (Å²) in [5.74, 6) is -1.21. The second-order valence-corrected chi connectivity index (χ2v) is 7.60. The number of rotatable bonds is 9. The minimum absolute atomic E-state index is 0.0113. The number of carbonyl (C=O) groups excluding carboxylic acids is 2. The molecule has 26 heavy (non-hydrogen) atoms. The average Bonchev–Trinajstić information content (AvgIpc) is 2.60. The van der Waals surface area contributed by atoms with Gasteiger partial charge in [-0.05, 0) is 25.1 Å². The van der Waals surface area contributed by atoms with Gasteiger partial charge in [-0.25, -0.2) is 17.5 Å². The van der Waals surface area contributed by atoms with Crippen LogP contribution in [0.25, 0.3) is 0 Å². The molecule has 0 fully saturated rings. The van der Waals surface area contributed by atoms with Gasteiger partial charge in [-0.3, -0.25) is 4.79 Å². The molecule has 0 unspecified atom stereocenters. The number of esters is 1. The molecule has 0 aliphatic heterocycles. The van der Waals surface area contributed by atoms with Gasteiger partial charge in [-0.1, -0.05) is 0 Å². The molecule has 0 saturated heterocycles. The summed E-state index contributed by atoms with van der Waals surface area (Å²) in [5, 5.41) is 2.55. The summed E-state index contributed by atoms with van der Waals surface area (Å²) in [5.41, 5.74) is -0.0113. The second kappa shape index (κ2) is 9.51. The van der Waals surface area contributed by atoms with Crippen LogP contribution in [0.1, 0.15) is 17.3 Å². The van der Waals surface area contributed by atoms with Crippen molar-refractivity contribution in [3.8, 4) is 5.75 Å². The third kappa shape index (κ3) is 5.41. The number of amides is 1. The Labute approximate surface area is 153 Å². The SMILES string of the molecule is COCCNC(=O)[C@H](C)OC(=O)c1ccc(OC)c(S(=O)(=O)N(C)C)c1. The molecule has 0 radical (unpaired) electrons. The Morgan fingerprint density at radius 2 is 1.88 bits per heavy atom. The number of sulfonamides is 1. The van der Waals surface area contributed by atoms with E-state index in [0.717, 1.165) is 10.4 Å². The van der Waals surface area contributed by atoms with Gasteiger partial charge < -0.3 is 19.5 Å². The zero-order chi connectivity index (χ0) is 19.9. The smallest absolute Gasteiger partial charge is 0.338 e. The number of hydrogen-bond donors (Lipinski definition) is 1. The first-order valence-electron chi connectivity index (χ1n) is 7.73. The summed E-state index contributed by atoms with van der Waals surface area (Å²) >= 11 is 0. The largest absolute Gasteiger partial charge is 0.495 e. The van der Waals surface area contributed by atoms with Crippen LogP contribution in [-0.2, 0) is 24.3 Å². The van der Waals surface area contributed by atoms with Crippen LogP contribution >= 0.6 is 0 Å². The summed E-state index contributed by atoms with van der Waals surface area (Å²) in [4.78, 5) is 23.9.